The number of nitrogens with one attached hydrogen (secondary N) is 1. The number of benzene rings is 2. The summed E-state index contributed by atoms with van der Waals surface area (Å²) in [4.78, 5) is 11.4. The van der Waals surface area contributed by atoms with E-state index in [1.165, 1.54) is 13.2 Å². The summed E-state index contributed by atoms with van der Waals surface area (Å²) in [5.41, 5.74) is 2.74. The molecule has 0 saturated carbocycles. The number of carboxylic acids is 1. The van der Waals surface area contributed by atoms with Gasteiger partial charge in [0.25, 0.3) is 0 Å². The van der Waals surface area contributed by atoms with Crippen molar-refractivity contribution < 1.29 is 24.3 Å². The molecule has 0 aliphatic carbocycles. The summed E-state index contributed by atoms with van der Waals surface area (Å²) in [6, 6.07) is 12.0. The van der Waals surface area contributed by atoms with Crippen molar-refractivity contribution >= 4 is 13.1 Å². The third-order valence-corrected chi connectivity index (χ3v) is 4.31. The zero-order valence-electron chi connectivity index (χ0n) is 14.4. The lowest BCUT2D eigenvalue weighted by Crippen LogP contribution is -2.52. The summed E-state index contributed by atoms with van der Waals surface area (Å²) < 4.78 is 11.2. The first-order valence-corrected chi connectivity index (χ1v) is 8.24. The van der Waals surface area contributed by atoms with Crippen LogP contribution in [0.25, 0.3) is 0 Å². The topological polar surface area (TPSA) is 88.0 Å². The number of phenolic OH excluding ortho intramolecular Hbond substituents is 1. The van der Waals surface area contributed by atoms with Crippen molar-refractivity contribution in [2.24, 2.45) is 0 Å². The lowest BCUT2D eigenvalue weighted by molar-refractivity contribution is 0.0694. The molecule has 0 amide bonds. The molecule has 2 aromatic rings. The molecule has 1 unspecified atom stereocenters. The van der Waals surface area contributed by atoms with Crippen molar-refractivity contribution in [2.45, 2.75) is 18.8 Å². The molecule has 0 bridgehead atoms. The SMILES string of the molecule is C=C(Cc1ccc(O)cc1)NC1Cc2cccc(C(=O)O)c2OB1OC. The maximum atomic E-state index is 11.4. The number of rotatable bonds is 6. The first-order chi connectivity index (χ1) is 12.5. The molecule has 1 aliphatic rings. The third kappa shape index (κ3) is 3.83. The Morgan fingerprint density at radius 1 is 1.35 bits per heavy atom. The predicted molar refractivity (Wildman–Crippen MR) is 98.4 cm³/mol. The Balaban J connectivity index is 1.73. The van der Waals surface area contributed by atoms with E-state index in [-0.39, 0.29) is 17.3 Å². The van der Waals surface area contributed by atoms with E-state index in [1.807, 2.05) is 18.2 Å². The van der Waals surface area contributed by atoms with Crippen molar-refractivity contribution in [3.05, 3.63) is 71.4 Å². The minimum atomic E-state index is -1.03. The van der Waals surface area contributed by atoms with Gasteiger partial charge in [0, 0.05) is 19.2 Å². The summed E-state index contributed by atoms with van der Waals surface area (Å²) in [5.74, 6) is -0.645. The third-order valence-electron chi connectivity index (χ3n) is 4.31. The molecule has 2 aromatic carbocycles. The van der Waals surface area contributed by atoms with E-state index < -0.39 is 13.1 Å². The van der Waals surface area contributed by atoms with Crippen LogP contribution in [0.15, 0.2) is 54.7 Å². The van der Waals surface area contributed by atoms with Gasteiger partial charge >= 0.3 is 13.1 Å². The molecule has 3 rings (SSSR count). The number of aromatic carboxylic acids is 1. The Kier molecular flexibility index (Phi) is 5.18. The van der Waals surface area contributed by atoms with Crippen molar-refractivity contribution in [1.82, 2.24) is 5.32 Å². The Morgan fingerprint density at radius 3 is 2.73 bits per heavy atom. The van der Waals surface area contributed by atoms with Gasteiger partial charge in [0.05, 0.1) is 11.5 Å². The van der Waals surface area contributed by atoms with E-state index in [0.29, 0.717) is 18.6 Å². The molecular formula is C19H20BNO5. The molecule has 26 heavy (non-hydrogen) atoms. The minimum absolute atomic E-state index is 0.130. The zero-order valence-corrected chi connectivity index (χ0v) is 14.4. The molecule has 0 spiro atoms. The van der Waals surface area contributed by atoms with Crippen LogP contribution in [0.5, 0.6) is 11.5 Å². The minimum Gasteiger partial charge on any atom is -0.534 e. The second-order valence-corrected chi connectivity index (χ2v) is 6.22. The highest BCUT2D eigenvalue weighted by molar-refractivity contribution is 6.48. The van der Waals surface area contributed by atoms with Crippen LogP contribution in [-0.2, 0) is 17.5 Å². The van der Waals surface area contributed by atoms with Crippen molar-refractivity contribution in [3.8, 4) is 11.5 Å². The van der Waals surface area contributed by atoms with Crippen molar-refractivity contribution in [2.75, 3.05) is 7.11 Å². The molecule has 0 fully saturated rings. The van der Waals surface area contributed by atoms with E-state index in [9.17, 15) is 15.0 Å². The van der Waals surface area contributed by atoms with Crippen LogP contribution < -0.4 is 9.97 Å². The summed E-state index contributed by atoms with van der Waals surface area (Å²) in [6.45, 7) is 4.06. The Labute approximate surface area is 152 Å². The first-order valence-electron chi connectivity index (χ1n) is 8.24. The average Bonchev–Trinajstić information content (AvgIpc) is 2.62. The highest BCUT2D eigenvalue weighted by Gasteiger charge is 2.38. The number of hydrogen-bond donors (Lipinski definition) is 3. The number of carbonyl (C=O) groups is 1. The molecule has 1 heterocycles. The number of para-hydroxylation sites is 1. The molecule has 3 N–H and O–H groups in total. The lowest BCUT2D eigenvalue weighted by Gasteiger charge is -2.31. The maximum absolute atomic E-state index is 11.4. The second kappa shape index (κ2) is 7.53. The van der Waals surface area contributed by atoms with Gasteiger partial charge in [0.2, 0.25) is 0 Å². The number of fused-ring (bicyclic) bond motifs is 1. The van der Waals surface area contributed by atoms with Gasteiger partial charge in [-0.05, 0) is 35.7 Å². The normalized spacial score (nSPS) is 15.7. The molecule has 7 heteroatoms. The summed E-state index contributed by atoms with van der Waals surface area (Å²) in [5, 5.41) is 22.0. The Morgan fingerprint density at radius 2 is 2.08 bits per heavy atom. The summed E-state index contributed by atoms with van der Waals surface area (Å²) >= 11 is 0. The lowest BCUT2D eigenvalue weighted by atomic mass is 9.71. The molecule has 6 nitrogen and oxygen atoms in total. The van der Waals surface area contributed by atoms with E-state index in [1.54, 1.807) is 18.2 Å². The van der Waals surface area contributed by atoms with Gasteiger partial charge in [-0.15, -0.1) is 0 Å². The summed E-state index contributed by atoms with van der Waals surface area (Å²) in [7, 11) is 0.899. The van der Waals surface area contributed by atoms with Crippen LogP contribution in [-0.4, -0.2) is 36.4 Å². The molecule has 0 radical (unpaired) electrons. The number of carboxylic acid groups (broad SMARTS) is 1. The number of hydrogen-bond acceptors (Lipinski definition) is 5. The standard InChI is InChI=1S/C19H20BNO5/c1-12(10-13-6-8-15(22)9-7-13)21-17-11-14-4-3-5-16(19(23)24)18(14)26-20(17)25-2/h3-9,17,21-22H,1,10-11H2,2H3,(H,23,24). The van der Waals surface area contributed by atoms with E-state index >= 15 is 0 Å². The average molecular weight is 353 g/mol. The fraction of sp³-hybridized carbons (Fsp3) is 0.211. The zero-order chi connectivity index (χ0) is 18.7. The van der Waals surface area contributed by atoms with Crippen LogP contribution in [0.3, 0.4) is 0 Å². The van der Waals surface area contributed by atoms with Crippen LogP contribution in [0.1, 0.15) is 21.5 Å². The fourth-order valence-corrected chi connectivity index (χ4v) is 3.09. The second-order valence-electron chi connectivity index (χ2n) is 6.22. The largest absolute Gasteiger partial charge is 0.549 e. The molecule has 134 valence electrons. The van der Waals surface area contributed by atoms with E-state index in [2.05, 4.69) is 11.9 Å². The predicted octanol–water partition coefficient (Wildman–Crippen LogP) is 2.41. The van der Waals surface area contributed by atoms with Crippen LogP contribution in [0, 0.1) is 0 Å². The van der Waals surface area contributed by atoms with Gasteiger partial charge < -0.3 is 24.8 Å². The first kappa shape index (κ1) is 17.9. The van der Waals surface area contributed by atoms with Gasteiger partial charge in [-0.3, -0.25) is 0 Å². The van der Waals surface area contributed by atoms with Crippen LogP contribution in [0.4, 0.5) is 0 Å². The monoisotopic (exact) mass is 353 g/mol. The quantitative estimate of drug-likeness (QED) is 0.692. The maximum Gasteiger partial charge on any atom is 0.549 e. The van der Waals surface area contributed by atoms with E-state index in [0.717, 1.165) is 16.8 Å². The van der Waals surface area contributed by atoms with Crippen LogP contribution in [0.2, 0.25) is 0 Å². The highest BCUT2D eigenvalue weighted by atomic mass is 16.6. The smallest absolute Gasteiger partial charge is 0.534 e. The van der Waals surface area contributed by atoms with E-state index in [4.69, 9.17) is 9.31 Å². The molecular weight excluding hydrogens is 333 g/mol. The highest BCUT2D eigenvalue weighted by Crippen LogP contribution is 2.31. The number of aromatic hydroxyl groups is 1. The van der Waals surface area contributed by atoms with Gasteiger partial charge in [-0.2, -0.15) is 0 Å². The Hall–Kier alpha value is -2.93. The molecule has 1 atom stereocenters. The molecule has 1 aliphatic heterocycles. The fourth-order valence-electron chi connectivity index (χ4n) is 3.09. The van der Waals surface area contributed by atoms with Gasteiger partial charge in [-0.25, -0.2) is 4.79 Å². The number of phenols is 1. The van der Waals surface area contributed by atoms with Gasteiger partial charge in [0.15, 0.2) is 0 Å². The Bertz CT molecular complexity index is 821. The number of allylic oxidation sites excluding steroid dienone is 1. The molecule has 0 aromatic heterocycles. The van der Waals surface area contributed by atoms with Crippen molar-refractivity contribution in [3.63, 3.8) is 0 Å². The summed E-state index contributed by atoms with van der Waals surface area (Å²) in [6.07, 6.45) is 1.15. The van der Waals surface area contributed by atoms with Gasteiger partial charge in [-0.1, -0.05) is 30.8 Å². The van der Waals surface area contributed by atoms with Gasteiger partial charge in [0.1, 0.15) is 11.5 Å². The van der Waals surface area contributed by atoms with Crippen molar-refractivity contribution in [1.29, 1.82) is 0 Å². The molecule has 0 saturated heterocycles. The van der Waals surface area contributed by atoms with Crippen LogP contribution >= 0.6 is 0 Å².